The molecule has 0 saturated carbocycles. The summed E-state index contributed by atoms with van der Waals surface area (Å²) in [7, 11) is 0. The van der Waals surface area contributed by atoms with Crippen LogP contribution in [0.5, 0.6) is 0 Å². The van der Waals surface area contributed by atoms with Crippen molar-refractivity contribution in [1.82, 2.24) is 5.32 Å². The van der Waals surface area contributed by atoms with Gasteiger partial charge in [-0.3, -0.25) is 0 Å². The van der Waals surface area contributed by atoms with Gasteiger partial charge in [0.2, 0.25) is 0 Å². The number of rotatable bonds is 4. The van der Waals surface area contributed by atoms with E-state index >= 15 is 0 Å². The van der Waals surface area contributed by atoms with Crippen LogP contribution in [0.15, 0.2) is 48.5 Å². The molecular formula is C17H20ClN. The van der Waals surface area contributed by atoms with E-state index in [1.54, 1.807) is 0 Å². The summed E-state index contributed by atoms with van der Waals surface area (Å²) in [6.07, 6.45) is 0. The lowest BCUT2D eigenvalue weighted by atomic mass is 10.0. The fourth-order valence-electron chi connectivity index (χ4n) is 2.17. The number of aryl methyl sites for hydroxylation is 1. The predicted molar refractivity (Wildman–Crippen MR) is 82.6 cm³/mol. The zero-order chi connectivity index (χ0) is 13.8. The molecule has 0 spiro atoms. The standard InChI is InChI=1S/C17H20ClN/c1-12-4-6-15(7-5-12)13(2)19-14(3)16-8-10-17(18)11-9-16/h4-11,13-14,19H,1-3H3/t13-,14?/m1/s1. The quantitative estimate of drug-likeness (QED) is 0.821. The van der Waals surface area contributed by atoms with E-state index in [0.717, 1.165) is 5.02 Å². The van der Waals surface area contributed by atoms with Gasteiger partial charge in [0.15, 0.2) is 0 Å². The Morgan fingerprint density at radius 3 is 1.68 bits per heavy atom. The Hall–Kier alpha value is -1.31. The Kier molecular flexibility index (Phi) is 4.62. The number of hydrogen-bond acceptors (Lipinski definition) is 1. The molecule has 2 atom stereocenters. The number of halogens is 1. The van der Waals surface area contributed by atoms with E-state index in [2.05, 4.69) is 62.5 Å². The molecule has 0 bridgehead atoms. The van der Waals surface area contributed by atoms with Gasteiger partial charge in [0.1, 0.15) is 0 Å². The summed E-state index contributed by atoms with van der Waals surface area (Å²) in [5.74, 6) is 0. The Morgan fingerprint density at radius 1 is 0.789 bits per heavy atom. The molecule has 0 aliphatic heterocycles. The van der Waals surface area contributed by atoms with Crippen LogP contribution in [-0.4, -0.2) is 0 Å². The molecule has 1 nitrogen and oxygen atoms in total. The van der Waals surface area contributed by atoms with Crippen LogP contribution in [0.1, 0.15) is 42.6 Å². The first-order valence-electron chi connectivity index (χ1n) is 6.64. The zero-order valence-corrected chi connectivity index (χ0v) is 12.4. The van der Waals surface area contributed by atoms with Crippen molar-refractivity contribution in [1.29, 1.82) is 0 Å². The fourth-order valence-corrected chi connectivity index (χ4v) is 2.30. The van der Waals surface area contributed by atoms with Crippen LogP contribution in [-0.2, 0) is 0 Å². The first-order valence-corrected chi connectivity index (χ1v) is 7.02. The second kappa shape index (κ2) is 6.23. The highest BCUT2D eigenvalue weighted by molar-refractivity contribution is 6.30. The minimum absolute atomic E-state index is 0.300. The topological polar surface area (TPSA) is 12.0 Å². The van der Waals surface area contributed by atoms with E-state index in [1.807, 2.05) is 12.1 Å². The lowest BCUT2D eigenvalue weighted by Crippen LogP contribution is -2.22. The Morgan fingerprint density at radius 2 is 1.21 bits per heavy atom. The smallest absolute Gasteiger partial charge is 0.0406 e. The second-order valence-electron chi connectivity index (χ2n) is 5.07. The first kappa shape index (κ1) is 14.1. The predicted octanol–water partition coefficient (Wildman–Crippen LogP) is 5.06. The van der Waals surface area contributed by atoms with Crippen LogP contribution in [0.4, 0.5) is 0 Å². The Balaban J connectivity index is 2.03. The van der Waals surface area contributed by atoms with Gasteiger partial charge < -0.3 is 5.32 Å². The summed E-state index contributed by atoms with van der Waals surface area (Å²) < 4.78 is 0. The highest BCUT2D eigenvalue weighted by atomic mass is 35.5. The van der Waals surface area contributed by atoms with E-state index < -0.39 is 0 Å². The maximum absolute atomic E-state index is 5.91. The fraction of sp³-hybridized carbons (Fsp3) is 0.294. The monoisotopic (exact) mass is 273 g/mol. The summed E-state index contributed by atoms with van der Waals surface area (Å²) in [6, 6.07) is 17.3. The molecule has 19 heavy (non-hydrogen) atoms. The molecule has 0 radical (unpaired) electrons. The van der Waals surface area contributed by atoms with Gasteiger partial charge in [-0.15, -0.1) is 0 Å². The molecule has 1 N–H and O–H groups in total. The normalized spacial score (nSPS) is 14.1. The molecule has 2 rings (SSSR count). The van der Waals surface area contributed by atoms with Gasteiger partial charge >= 0.3 is 0 Å². The van der Waals surface area contributed by atoms with Gasteiger partial charge in [-0.1, -0.05) is 53.6 Å². The van der Waals surface area contributed by atoms with E-state index in [0.29, 0.717) is 12.1 Å². The number of benzene rings is 2. The van der Waals surface area contributed by atoms with Crippen LogP contribution in [0, 0.1) is 6.92 Å². The van der Waals surface area contributed by atoms with Crippen LogP contribution >= 0.6 is 11.6 Å². The zero-order valence-electron chi connectivity index (χ0n) is 11.7. The van der Waals surface area contributed by atoms with Crippen LogP contribution in [0.25, 0.3) is 0 Å². The maximum atomic E-state index is 5.91. The van der Waals surface area contributed by atoms with Gasteiger partial charge in [0, 0.05) is 17.1 Å². The molecular weight excluding hydrogens is 254 g/mol. The highest BCUT2D eigenvalue weighted by Crippen LogP contribution is 2.21. The van der Waals surface area contributed by atoms with Crippen molar-refractivity contribution >= 4 is 11.6 Å². The van der Waals surface area contributed by atoms with Crippen molar-refractivity contribution in [3.63, 3.8) is 0 Å². The third kappa shape index (κ3) is 3.82. The molecule has 100 valence electrons. The van der Waals surface area contributed by atoms with Crippen molar-refractivity contribution in [2.75, 3.05) is 0 Å². The summed E-state index contributed by atoms with van der Waals surface area (Å²) in [5, 5.41) is 4.39. The maximum Gasteiger partial charge on any atom is 0.0406 e. The van der Waals surface area contributed by atoms with Crippen molar-refractivity contribution in [2.45, 2.75) is 32.9 Å². The molecule has 0 saturated heterocycles. The summed E-state index contributed by atoms with van der Waals surface area (Å²) >= 11 is 5.91. The molecule has 0 heterocycles. The van der Waals surface area contributed by atoms with Crippen LogP contribution in [0.3, 0.4) is 0 Å². The number of nitrogens with one attached hydrogen (secondary N) is 1. The average Bonchev–Trinajstić information content (AvgIpc) is 2.40. The van der Waals surface area contributed by atoms with Crippen LogP contribution in [0.2, 0.25) is 5.02 Å². The molecule has 0 aromatic heterocycles. The van der Waals surface area contributed by atoms with Crippen LogP contribution < -0.4 is 5.32 Å². The van der Waals surface area contributed by atoms with Gasteiger partial charge in [-0.05, 0) is 44.0 Å². The average molecular weight is 274 g/mol. The lowest BCUT2D eigenvalue weighted by molar-refractivity contribution is 0.494. The molecule has 0 aliphatic carbocycles. The largest absolute Gasteiger partial charge is 0.304 e. The van der Waals surface area contributed by atoms with Gasteiger partial charge in [-0.2, -0.15) is 0 Å². The lowest BCUT2D eigenvalue weighted by Gasteiger charge is -2.21. The first-order chi connectivity index (χ1) is 9.06. The summed E-state index contributed by atoms with van der Waals surface area (Å²) in [5.41, 5.74) is 3.86. The molecule has 2 aromatic rings. The highest BCUT2D eigenvalue weighted by Gasteiger charge is 2.10. The third-order valence-electron chi connectivity index (χ3n) is 3.45. The second-order valence-corrected chi connectivity index (χ2v) is 5.51. The van der Waals surface area contributed by atoms with Crippen molar-refractivity contribution in [3.8, 4) is 0 Å². The molecule has 2 aromatic carbocycles. The van der Waals surface area contributed by atoms with Gasteiger partial charge in [-0.25, -0.2) is 0 Å². The molecule has 0 fully saturated rings. The number of hydrogen-bond donors (Lipinski definition) is 1. The minimum Gasteiger partial charge on any atom is -0.304 e. The molecule has 0 aliphatic rings. The van der Waals surface area contributed by atoms with E-state index in [4.69, 9.17) is 11.6 Å². The molecule has 2 heteroatoms. The van der Waals surface area contributed by atoms with Crippen molar-refractivity contribution in [2.24, 2.45) is 0 Å². The molecule has 0 amide bonds. The van der Waals surface area contributed by atoms with E-state index in [1.165, 1.54) is 16.7 Å². The van der Waals surface area contributed by atoms with Crippen molar-refractivity contribution in [3.05, 3.63) is 70.2 Å². The Bertz CT molecular complexity index is 466. The summed E-state index contributed by atoms with van der Waals surface area (Å²) in [6.45, 7) is 6.48. The molecule has 1 unspecified atom stereocenters. The Labute approximate surface area is 120 Å². The van der Waals surface area contributed by atoms with Crippen molar-refractivity contribution < 1.29 is 0 Å². The minimum atomic E-state index is 0.300. The van der Waals surface area contributed by atoms with Gasteiger partial charge in [0.25, 0.3) is 0 Å². The van der Waals surface area contributed by atoms with E-state index in [9.17, 15) is 0 Å². The third-order valence-corrected chi connectivity index (χ3v) is 3.70. The summed E-state index contributed by atoms with van der Waals surface area (Å²) in [4.78, 5) is 0. The van der Waals surface area contributed by atoms with E-state index in [-0.39, 0.29) is 0 Å². The SMILES string of the molecule is Cc1ccc([C@@H](C)NC(C)c2ccc(Cl)cc2)cc1. The van der Waals surface area contributed by atoms with Gasteiger partial charge in [0.05, 0.1) is 0 Å².